The molecule has 5 nitrogen and oxygen atoms in total. The van der Waals surface area contributed by atoms with Gasteiger partial charge in [0.25, 0.3) is 0 Å². The zero-order chi connectivity index (χ0) is 17.8. The Labute approximate surface area is 148 Å². The minimum atomic E-state index is -0.733. The van der Waals surface area contributed by atoms with Crippen molar-refractivity contribution in [2.75, 3.05) is 5.32 Å². The topological polar surface area (TPSA) is 63.0 Å². The van der Waals surface area contributed by atoms with Crippen LogP contribution in [0.4, 0.5) is 14.5 Å². The largest absolute Gasteiger partial charge is 0.353 e. The van der Waals surface area contributed by atoms with Gasteiger partial charge in [-0.1, -0.05) is 35.0 Å². The normalized spacial score (nSPS) is 10.5. The summed E-state index contributed by atoms with van der Waals surface area (Å²) in [5.74, 6) is -0.584. The van der Waals surface area contributed by atoms with E-state index in [4.69, 9.17) is 16.7 Å². The van der Waals surface area contributed by atoms with Crippen molar-refractivity contribution in [1.82, 2.24) is 15.5 Å². The van der Waals surface area contributed by atoms with Crippen molar-refractivity contribution in [1.29, 1.82) is 0 Å². The van der Waals surface area contributed by atoms with E-state index in [0.29, 0.717) is 11.7 Å². The number of halogens is 2. The predicted octanol–water partition coefficient (Wildman–Crippen LogP) is 3.81. The Morgan fingerprint density at radius 2 is 1.92 bits per heavy atom. The fourth-order valence-corrected chi connectivity index (χ4v) is 2.24. The summed E-state index contributed by atoms with van der Waals surface area (Å²) < 4.78 is 31.6. The van der Waals surface area contributed by atoms with Crippen LogP contribution in [-0.2, 0) is 6.54 Å². The minimum Gasteiger partial charge on any atom is -0.353 e. The molecule has 3 rings (SSSR count). The van der Waals surface area contributed by atoms with Crippen LogP contribution >= 0.6 is 12.2 Å². The van der Waals surface area contributed by atoms with Crippen molar-refractivity contribution >= 4 is 23.0 Å². The number of aromatic nitrogens is 2. The Morgan fingerprint density at radius 3 is 2.64 bits per heavy atom. The molecule has 1 aromatic heterocycles. The fourth-order valence-electron chi connectivity index (χ4n) is 2.06. The monoisotopic (exact) mass is 360 g/mol. The second kappa shape index (κ2) is 7.35. The summed E-state index contributed by atoms with van der Waals surface area (Å²) in [6, 6.07) is 10.9. The van der Waals surface area contributed by atoms with Crippen molar-refractivity contribution < 1.29 is 13.3 Å². The van der Waals surface area contributed by atoms with Crippen molar-refractivity contribution in [3.8, 4) is 11.4 Å². The van der Waals surface area contributed by atoms with E-state index < -0.39 is 11.6 Å². The summed E-state index contributed by atoms with van der Waals surface area (Å²) in [5.41, 5.74) is 2.05. The first-order valence-electron chi connectivity index (χ1n) is 7.41. The lowest BCUT2D eigenvalue weighted by Gasteiger charge is -2.09. The molecule has 0 aliphatic rings. The molecule has 8 heteroatoms. The van der Waals surface area contributed by atoms with Gasteiger partial charge in [-0.3, -0.25) is 0 Å². The van der Waals surface area contributed by atoms with Crippen molar-refractivity contribution in [2.24, 2.45) is 0 Å². The van der Waals surface area contributed by atoms with Gasteiger partial charge < -0.3 is 15.2 Å². The lowest BCUT2D eigenvalue weighted by Crippen LogP contribution is -2.28. The van der Waals surface area contributed by atoms with Gasteiger partial charge in [-0.15, -0.1) is 0 Å². The number of benzene rings is 2. The first-order chi connectivity index (χ1) is 12.0. The summed E-state index contributed by atoms with van der Waals surface area (Å²) in [5, 5.41) is 9.53. The molecule has 128 valence electrons. The van der Waals surface area contributed by atoms with Gasteiger partial charge >= 0.3 is 0 Å². The molecule has 3 aromatic rings. The molecule has 0 fully saturated rings. The van der Waals surface area contributed by atoms with Crippen LogP contribution in [0.25, 0.3) is 11.4 Å². The Hall–Kier alpha value is -2.87. The van der Waals surface area contributed by atoms with Crippen LogP contribution in [0.15, 0.2) is 47.0 Å². The summed E-state index contributed by atoms with van der Waals surface area (Å²) in [4.78, 5) is 4.27. The van der Waals surface area contributed by atoms with Crippen LogP contribution in [0, 0.1) is 18.6 Å². The average Bonchev–Trinajstić information content (AvgIpc) is 3.05. The molecular formula is C17H14F2N4OS. The molecule has 0 aliphatic carbocycles. The summed E-state index contributed by atoms with van der Waals surface area (Å²) in [6.07, 6.45) is 0. The molecule has 2 N–H and O–H groups in total. The number of thiocarbonyl (C=S) groups is 1. The molecule has 2 aromatic carbocycles. The highest BCUT2D eigenvalue weighted by Gasteiger charge is 2.10. The number of hydrogen-bond donors (Lipinski definition) is 2. The van der Waals surface area contributed by atoms with Gasteiger partial charge in [0, 0.05) is 11.6 Å². The smallest absolute Gasteiger partial charge is 0.246 e. The SMILES string of the molecule is Cc1ccc(-c2noc(CNC(=S)Nc3ccc(F)cc3F)n2)cc1. The van der Waals surface area contributed by atoms with E-state index >= 15 is 0 Å². The molecule has 0 amide bonds. The first kappa shape index (κ1) is 17.0. The highest BCUT2D eigenvalue weighted by molar-refractivity contribution is 7.80. The molecule has 0 radical (unpaired) electrons. The highest BCUT2D eigenvalue weighted by Crippen LogP contribution is 2.17. The standard InChI is InChI=1S/C17H14F2N4OS/c1-10-2-4-11(5-3-10)16-22-15(24-23-16)9-20-17(25)21-14-7-6-12(18)8-13(14)19/h2-8H,9H2,1H3,(H2,20,21,25). The molecule has 25 heavy (non-hydrogen) atoms. The summed E-state index contributed by atoms with van der Waals surface area (Å²) >= 11 is 5.07. The summed E-state index contributed by atoms with van der Waals surface area (Å²) in [7, 11) is 0. The zero-order valence-corrected chi connectivity index (χ0v) is 14.0. The molecule has 0 bridgehead atoms. The molecule has 0 saturated heterocycles. The van der Waals surface area contributed by atoms with E-state index in [1.54, 1.807) is 0 Å². The molecule has 0 aliphatic heterocycles. The molecule has 0 atom stereocenters. The van der Waals surface area contributed by atoms with Gasteiger partial charge in [0.1, 0.15) is 11.6 Å². The van der Waals surface area contributed by atoms with Gasteiger partial charge in [-0.2, -0.15) is 4.98 Å². The Morgan fingerprint density at radius 1 is 1.16 bits per heavy atom. The Balaban J connectivity index is 1.58. The first-order valence-corrected chi connectivity index (χ1v) is 7.81. The number of rotatable bonds is 4. The van der Waals surface area contributed by atoms with Crippen molar-refractivity contribution in [3.05, 3.63) is 65.6 Å². The van der Waals surface area contributed by atoms with E-state index in [-0.39, 0.29) is 17.3 Å². The van der Waals surface area contributed by atoms with E-state index in [0.717, 1.165) is 23.3 Å². The quantitative estimate of drug-likeness (QED) is 0.690. The van der Waals surface area contributed by atoms with E-state index in [1.807, 2.05) is 31.2 Å². The average molecular weight is 360 g/mol. The van der Waals surface area contributed by atoms with Gasteiger partial charge in [-0.25, -0.2) is 8.78 Å². The maximum absolute atomic E-state index is 13.6. The molecular weight excluding hydrogens is 346 g/mol. The van der Waals surface area contributed by atoms with Crippen LogP contribution in [0.3, 0.4) is 0 Å². The Kier molecular flexibility index (Phi) is 4.99. The van der Waals surface area contributed by atoms with Gasteiger partial charge in [0.15, 0.2) is 5.11 Å². The van der Waals surface area contributed by atoms with E-state index in [2.05, 4.69) is 20.8 Å². The molecule has 0 spiro atoms. The lowest BCUT2D eigenvalue weighted by atomic mass is 10.1. The minimum absolute atomic E-state index is 0.0739. The van der Waals surface area contributed by atoms with Gasteiger partial charge in [0.05, 0.1) is 12.2 Å². The van der Waals surface area contributed by atoms with Gasteiger partial charge in [0.2, 0.25) is 11.7 Å². The maximum atomic E-state index is 13.6. The maximum Gasteiger partial charge on any atom is 0.246 e. The highest BCUT2D eigenvalue weighted by atomic mass is 32.1. The van der Waals surface area contributed by atoms with Crippen LogP contribution in [-0.4, -0.2) is 15.3 Å². The Bertz CT molecular complexity index is 896. The van der Waals surface area contributed by atoms with Gasteiger partial charge in [-0.05, 0) is 31.3 Å². The number of nitrogens with one attached hydrogen (secondary N) is 2. The van der Waals surface area contributed by atoms with Crippen LogP contribution in [0.1, 0.15) is 11.5 Å². The van der Waals surface area contributed by atoms with Crippen molar-refractivity contribution in [2.45, 2.75) is 13.5 Å². The number of anilines is 1. The van der Waals surface area contributed by atoms with Crippen LogP contribution in [0.2, 0.25) is 0 Å². The van der Waals surface area contributed by atoms with E-state index in [1.165, 1.54) is 6.07 Å². The van der Waals surface area contributed by atoms with Crippen LogP contribution < -0.4 is 10.6 Å². The van der Waals surface area contributed by atoms with Crippen molar-refractivity contribution in [3.63, 3.8) is 0 Å². The molecule has 1 heterocycles. The molecule has 0 unspecified atom stereocenters. The second-order valence-electron chi connectivity index (χ2n) is 5.31. The van der Waals surface area contributed by atoms with Crippen LogP contribution in [0.5, 0.6) is 0 Å². The third-order valence-electron chi connectivity index (χ3n) is 3.36. The fraction of sp³-hybridized carbons (Fsp3) is 0.118. The number of nitrogens with zero attached hydrogens (tertiary/aromatic N) is 2. The van der Waals surface area contributed by atoms with E-state index in [9.17, 15) is 8.78 Å². The third-order valence-corrected chi connectivity index (χ3v) is 3.60. The number of aryl methyl sites for hydroxylation is 1. The third kappa shape index (κ3) is 4.36. The lowest BCUT2D eigenvalue weighted by molar-refractivity contribution is 0.376. The zero-order valence-electron chi connectivity index (χ0n) is 13.2. The second-order valence-corrected chi connectivity index (χ2v) is 5.72. The summed E-state index contributed by atoms with van der Waals surface area (Å²) in [6.45, 7) is 2.17. The molecule has 0 saturated carbocycles. The predicted molar refractivity (Wildman–Crippen MR) is 93.9 cm³/mol. The number of hydrogen-bond acceptors (Lipinski definition) is 4.